The Morgan fingerprint density at radius 2 is 2.04 bits per heavy atom. The molecular formula is C16H20ClN5O2. The Balaban J connectivity index is 1.59. The van der Waals surface area contributed by atoms with Crippen LogP contribution < -0.4 is 5.32 Å². The molecule has 3 rings (SSSR count). The molecule has 2 atom stereocenters. The summed E-state index contributed by atoms with van der Waals surface area (Å²) in [6, 6.07) is 7.13. The van der Waals surface area contributed by atoms with Gasteiger partial charge in [-0.25, -0.2) is 0 Å². The van der Waals surface area contributed by atoms with E-state index in [9.17, 15) is 9.90 Å². The zero-order valence-corrected chi connectivity index (χ0v) is 14.0. The molecule has 1 fully saturated rings. The van der Waals surface area contributed by atoms with Crippen molar-refractivity contribution in [2.75, 3.05) is 6.61 Å². The maximum Gasteiger partial charge on any atom is 0.243 e. The minimum atomic E-state index is -0.166. The largest absolute Gasteiger partial charge is 0.396 e. The van der Waals surface area contributed by atoms with E-state index in [-0.39, 0.29) is 31.0 Å². The third-order valence-electron chi connectivity index (χ3n) is 4.33. The van der Waals surface area contributed by atoms with Gasteiger partial charge in [0.05, 0.1) is 0 Å². The van der Waals surface area contributed by atoms with Gasteiger partial charge in [0.2, 0.25) is 11.7 Å². The van der Waals surface area contributed by atoms with Crippen LogP contribution in [0.3, 0.4) is 0 Å². The van der Waals surface area contributed by atoms with Crippen LogP contribution >= 0.6 is 11.6 Å². The number of nitrogens with zero attached hydrogens (tertiary/aromatic N) is 4. The summed E-state index contributed by atoms with van der Waals surface area (Å²) in [4.78, 5) is 13.5. The maximum absolute atomic E-state index is 12.2. The Labute approximate surface area is 145 Å². The van der Waals surface area contributed by atoms with Gasteiger partial charge in [-0.3, -0.25) is 4.79 Å². The zero-order chi connectivity index (χ0) is 16.9. The molecule has 1 aliphatic carbocycles. The molecule has 2 unspecified atom stereocenters. The number of hydrogen-bond donors (Lipinski definition) is 2. The number of rotatable bonds is 5. The molecule has 1 aromatic heterocycles. The molecule has 1 aliphatic rings. The van der Waals surface area contributed by atoms with E-state index < -0.39 is 0 Å². The third-order valence-corrected chi connectivity index (χ3v) is 4.58. The van der Waals surface area contributed by atoms with Crippen LogP contribution in [0.5, 0.6) is 0 Å². The highest BCUT2D eigenvalue weighted by Gasteiger charge is 2.26. The summed E-state index contributed by atoms with van der Waals surface area (Å²) in [6.45, 7) is 0.114. The highest BCUT2D eigenvalue weighted by Crippen LogP contribution is 2.24. The highest BCUT2D eigenvalue weighted by molar-refractivity contribution is 6.30. The Kier molecular flexibility index (Phi) is 5.42. The Morgan fingerprint density at radius 3 is 2.79 bits per heavy atom. The molecule has 7 nitrogen and oxygen atoms in total. The van der Waals surface area contributed by atoms with Gasteiger partial charge in [-0.1, -0.05) is 24.4 Å². The van der Waals surface area contributed by atoms with Crippen molar-refractivity contribution in [3.63, 3.8) is 0 Å². The first-order valence-electron chi connectivity index (χ1n) is 8.09. The highest BCUT2D eigenvalue weighted by atomic mass is 35.5. The van der Waals surface area contributed by atoms with E-state index >= 15 is 0 Å². The molecule has 0 spiro atoms. The second-order valence-corrected chi connectivity index (χ2v) is 6.49. The Bertz CT molecular complexity index is 688. The number of hydrogen-bond acceptors (Lipinski definition) is 5. The molecule has 0 bridgehead atoms. The van der Waals surface area contributed by atoms with Gasteiger partial charge in [-0.05, 0) is 42.3 Å². The number of carbonyl (C=O) groups is 1. The van der Waals surface area contributed by atoms with E-state index in [0.717, 1.165) is 31.2 Å². The third kappa shape index (κ3) is 4.10. The van der Waals surface area contributed by atoms with Gasteiger partial charge in [0, 0.05) is 29.2 Å². The summed E-state index contributed by atoms with van der Waals surface area (Å²) >= 11 is 5.86. The maximum atomic E-state index is 12.2. The summed E-state index contributed by atoms with van der Waals surface area (Å²) < 4.78 is 0. The van der Waals surface area contributed by atoms with Gasteiger partial charge in [-0.15, -0.1) is 10.2 Å². The molecule has 1 saturated carbocycles. The summed E-state index contributed by atoms with van der Waals surface area (Å²) in [6.07, 6.45) is 4.03. The van der Waals surface area contributed by atoms with Crippen molar-refractivity contribution in [2.45, 2.75) is 38.3 Å². The average molecular weight is 350 g/mol. The van der Waals surface area contributed by atoms with Crippen LogP contribution in [0.1, 0.15) is 25.7 Å². The fourth-order valence-corrected chi connectivity index (χ4v) is 3.15. The Morgan fingerprint density at radius 1 is 1.29 bits per heavy atom. The normalized spacial score (nSPS) is 20.8. The molecule has 1 aromatic carbocycles. The van der Waals surface area contributed by atoms with Crippen molar-refractivity contribution in [3.8, 4) is 11.4 Å². The number of halogens is 1. The molecule has 24 heavy (non-hydrogen) atoms. The fraction of sp³-hybridized carbons (Fsp3) is 0.500. The van der Waals surface area contributed by atoms with Crippen molar-refractivity contribution < 1.29 is 9.90 Å². The number of tetrazole rings is 1. The summed E-state index contributed by atoms with van der Waals surface area (Å²) in [7, 11) is 0. The molecule has 8 heteroatoms. The minimum absolute atomic E-state index is 0.00916. The zero-order valence-electron chi connectivity index (χ0n) is 13.2. The number of aliphatic hydroxyl groups is 1. The summed E-state index contributed by atoms with van der Waals surface area (Å²) in [5.74, 6) is 0.418. The average Bonchev–Trinajstić information content (AvgIpc) is 3.04. The smallest absolute Gasteiger partial charge is 0.243 e. The fourth-order valence-electron chi connectivity index (χ4n) is 3.02. The van der Waals surface area contributed by atoms with Crippen LogP contribution in [0.2, 0.25) is 5.02 Å². The lowest BCUT2D eigenvalue weighted by Crippen LogP contribution is -2.44. The first-order chi connectivity index (χ1) is 11.7. The van der Waals surface area contributed by atoms with Crippen molar-refractivity contribution >= 4 is 17.5 Å². The lowest BCUT2D eigenvalue weighted by molar-refractivity contribution is -0.123. The number of benzene rings is 1. The molecule has 0 aliphatic heterocycles. The van der Waals surface area contributed by atoms with Gasteiger partial charge in [0.1, 0.15) is 6.54 Å². The predicted molar refractivity (Wildman–Crippen MR) is 89.2 cm³/mol. The molecule has 2 aromatic rings. The van der Waals surface area contributed by atoms with E-state index in [0.29, 0.717) is 10.8 Å². The molecule has 2 N–H and O–H groups in total. The second-order valence-electron chi connectivity index (χ2n) is 6.05. The standard InChI is InChI=1S/C16H20ClN5O2/c17-13-7-5-11(6-8-13)16-19-21-22(20-16)9-15(24)18-14-4-2-1-3-12(14)10-23/h5-8,12,14,23H,1-4,9-10H2,(H,18,24). The molecular weight excluding hydrogens is 330 g/mol. The second kappa shape index (κ2) is 7.72. The van der Waals surface area contributed by atoms with Crippen LogP contribution in [0.25, 0.3) is 11.4 Å². The SMILES string of the molecule is O=C(Cn1nnc(-c2ccc(Cl)cc2)n1)NC1CCCCC1CO. The van der Waals surface area contributed by atoms with Crippen molar-refractivity contribution in [3.05, 3.63) is 29.3 Å². The molecule has 0 radical (unpaired) electrons. The Hall–Kier alpha value is -1.99. The van der Waals surface area contributed by atoms with Crippen molar-refractivity contribution in [2.24, 2.45) is 5.92 Å². The number of aliphatic hydroxyl groups excluding tert-OH is 1. The van der Waals surface area contributed by atoms with Crippen LogP contribution in [0.15, 0.2) is 24.3 Å². The van der Waals surface area contributed by atoms with Crippen LogP contribution in [0, 0.1) is 5.92 Å². The van der Waals surface area contributed by atoms with Gasteiger partial charge in [-0.2, -0.15) is 4.80 Å². The quantitative estimate of drug-likeness (QED) is 0.856. The van der Waals surface area contributed by atoms with Crippen LogP contribution in [-0.2, 0) is 11.3 Å². The monoisotopic (exact) mass is 349 g/mol. The van der Waals surface area contributed by atoms with E-state index in [1.54, 1.807) is 24.3 Å². The van der Waals surface area contributed by atoms with Gasteiger partial charge < -0.3 is 10.4 Å². The number of carbonyl (C=O) groups excluding carboxylic acids is 1. The number of nitrogens with one attached hydrogen (secondary N) is 1. The molecule has 128 valence electrons. The van der Waals surface area contributed by atoms with E-state index in [2.05, 4.69) is 20.7 Å². The molecule has 1 amide bonds. The lowest BCUT2D eigenvalue weighted by Gasteiger charge is -2.30. The minimum Gasteiger partial charge on any atom is -0.396 e. The first kappa shape index (κ1) is 16.9. The van der Waals surface area contributed by atoms with Crippen molar-refractivity contribution in [1.82, 2.24) is 25.5 Å². The van der Waals surface area contributed by atoms with E-state index in [4.69, 9.17) is 11.6 Å². The lowest BCUT2D eigenvalue weighted by atomic mass is 9.85. The number of aromatic nitrogens is 4. The van der Waals surface area contributed by atoms with Gasteiger partial charge >= 0.3 is 0 Å². The van der Waals surface area contributed by atoms with Crippen molar-refractivity contribution in [1.29, 1.82) is 0 Å². The topological polar surface area (TPSA) is 92.9 Å². The van der Waals surface area contributed by atoms with Gasteiger partial charge in [0.25, 0.3) is 0 Å². The number of amides is 1. The summed E-state index contributed by atoms with van der Waals surface area (Å²) in [5, 5.41) is 25.1. The predicted octanol–water partition coefficient (Wildman–Crippen LogP) is 1.66. The summed E-state index contributed by atoms with van der Waals surface area (Å²) in [5.41, 5.74) is 0.790. The molecule has 0 saturated heterocycles. The first-order valence-corrected chi connectivity index (χ1v) is 8.47. The molecule has 1 heterocycles. The van der Waals surface area contributed by atoms with E-state index in [1.165, 1.54) is 4.80 Å². The van der Waals surface area contributed by atoms with Crippen LogP contribution in [0.4, 0.5) is 0 Å². The van der Waals surface area contributed by atoms with Crippen LogP contribution in [-0.4, -0.2) is 43.9 Å². The van der Waals surface area contributed by atoms with E-state index in [1.807, 2.05) is 0 Å². The van der Waals surface area contributed by atoms with Gasteiger partial charge in [0.15, 0.2) is 0 Å².